The molecule has 2 heterocycles. The van der Waals surface area contributed by atoms with Crippen LogP contribution in [0.2, 0.25) is 4.34 Å². The van der Waals surface area contributed by atoms with Gasteiger partial charge in [0.15, 0.2) is 0 Å². The third-order valence-corrected chi connectivity index (χ3v) is 4.86. The number of nitrogens with two attached hydrogens (primary N) is 1. The van der Waals surface area contributed by atoms with E-state index in [9.17, 15) is 4.79 Å². The van der Waals surface area contributed by atoms with Gasteiger partial charge in [0.05, 0.1) is 10.4 Å². The Bertz CT molecular complexity index is 461. The van der Waals surface area contributed by atoms with Gasteiger partial charge in [-0.3, -0.25) is 9.69 Å². The average molecular weight is 332 g/mol. The molecule has 0 aliphatic carbocycles. The predicted octanol–water partition coefficient (Wildman–Crippen LogP) is 1.41. The van der Waals surface area contributed by atoms with Crippen molar-refractivity contribution in [2.24, 2.45) is 5.73 Å². The molecular formula is C14H22ClN3O2S. The number of methoxy groups -OCH3 is 1. The van der Waals surface area contributed by atoms with E-state index in [0.717, 1.165) is 37.1 Å². The van der Waals surface area contributed by atoms with Gasteiger partial charge < -0.3 is 15.4 Å². The van der Waals surface area contributed by atoms with Crippen molar-refractivity contribution in [3.05, 3.63) is 21.3 Å². The molecule has 0 spiro atoms. The quantitative estimate of drug-likeness (QED) is 0.856. The van der Waals surface area contributed by atoms with Crippen molar-refractivity contribution in [3.63, 3.8) is 0 Å². The molecule has 2 rings (SSSR count). The number of carbonyl (C=O) groups excluding carboxylic acids is 1. The first-order valence-corrected chi connectivity index (χ1v) is 8.29. The van der Waals surface area contributed by atoms with Crippen LogP contribution in [0.25, 0.3) is 0 Å². The predicted molar refractivity (Wildman–Crippen MR) is 85.7 cm³/mol. The van der Waals surface area contributed by atoms with Crippen LogP contribution in [0.15, 0.2) is 12.1 Å². The lowest BCUT2D eigenvalue weighted by molar-refractivity contribution is -0.134. The molecule has 1 aliphatic heterocycles. The van der Waals surface area contributed by atoms with Crippen molar-refractivity contribution in [2.45, 2.75) is 19.0 Å². The van der Waals surface area contributed by atoms with Crippen LogP contribution in [0.3, 0.4) is 0 Å². The van der Waals surface area contributed by atoms with Crippen LogP contribution >= 0.6 is 22.9 Å². The first kappa shape index (κ1) is 16.7. The Balaban J connectivity index is 1.76. The van der Waals surface area contributed by atoms with Crippen molar-refractivity contribution in [1.29, 1.82) is 0 Å². The zero-order valence-electron chi connectivity index (χ0n) is 12.3. The fraction of sp³-hybridized carbons (Fsp3) is 0.643. The Morgan fingerprint density at radius 3 is 2.71 bits per heavy atom. The topological polar surface area (TPSA) is 58.8 Å². The van der Waals surface area contributed by atoms with Crippen molar-refractivity contribution in [1.82, 2.24) is 9.80 Å². The minimum Gasteiger partial charge on any atom is -0.385 e. The van der Waals surface area contributed by atoms with E-state index in [1.54, 1.807) is 18.4 Å². The number of piperazine rings is 1. The maximum Gasteiger partial charge on any atom is 0.239 e. The summed E-state index contributed by atoms with van der Waals surface area (Å²) in [6.45, 7) is 4.63. The molecule has 21 heavy (non-hydrogen) atoms. The SMILES string of the molecule is COCCC(N)C(=O)N1CCN(Cc2ccc(Cl)s2)CC1. The number of ether oxygens (including phenoxy) is 1. The molecular weight excluding hydrogens is 310 g/mol. The Kier molecular flexibility index (Phi) is 6.44. The number of amides is 1. The number of hydrogen-bond donors (Lipinski definition) is 1. The molecule has 5 nitrogen and oxygen atoms in total. The molecule has 7 heteroatoms. The zero-order valence-corrected chi connectivity index (χ0v) is 13.8. The minimum atomic E-state index is -0.451. The van der Waals surface area contributed by atoms with Gasteiger partial charge in [0.1, 0.15) is 0 Å². The third-order valence-electron chi connectivity index (χ3n) is 3.64. The van der Waals surface area contributed by atoms with Gasteiger partial charge in [-0.2, -0.15) is 0 Å². The Hall–Kier alpha value is -0.660. The summed E-state index contributed by atoms with van der Waals surface area (Å²) in [6, 6.07) is 3.54. The van der Waals surface area contributed by atoms with Gasteiger partial charge >= 0.3 is 0 Å². The first-order chi connectivity index (χ1) is 10.1. The molecule has 1 saturated heterocycles. The van der Waals surface area contributed by atoms with Crippen LogP contribution in [-0.2, 0) is 16.1 Å². The van der Waals surface area contributed by atoms with Crippen molar-refractivity contribution < 1.29 is 9.53 Å². The summed E-state index contributed by atoms with van der Waals surface area (Å²) in [6.07, 6.45) is 0.573. The van der Waals surface area contributed by atoms with Crippen LogP contribution < -0.4 is 5.73 Å². The number of nitrogens with zero attached hydrogens (tertiary/aromatic N) is 2. The lowest BCUT2D eigenvalue weighted by Crippen LogP contribution is -2.53. The second kappa shape index (κ2) is 8.10. The molecule has 1 aliphatic rings. The number of rotatable bonds is 6. The molecule has 1 fully saturated rings. The maximum absolute atomic E-state index is 12.2. The highest BCUT2D eigenvalue weighted by atomic mass is 35.5. The molecule has 1 unspecified atom stereocenters. The van der Waals surface area contributed by atoms with Crippen LogP contribution in [0.4, 0.5) is 0 Å². The Labute approximate surface area is 134 Å². The van der Waals surface area contributed by atoms with Crippen molar-refractivity contribution >= 4 is 28.8 Å². The molecule has 0 aromatic carbocycles. The highest BCUT2D eigenvalue weighted by Crippen LogP contribution is 2.23. The monoisotopic (exact) mass is 331 g/mol. The summed E-state index contributed by atoms with van der Waals surface area (Å²) in [5, 5.41) is 0. The van der Waals surface area contributed by atoms with Gasteiger partial charge in [0.2, 0.25) is 5.91 Å². The number of halogens is 1. The second-order valence-electron chi connectivity index (χ2n) is 5.20. The van der Waals surface area contributed by atoms with E-state index >= 15 is 0 Å². The van der Waals surface area contributed by atoms with Gasteiger partial charge in [0.25, 0.3) is 0 Å². The molecule has 0 saturated carbocycles. The van der Waals surface area contributed by atoms with E-state index < -0.39 is 6.04 Å². The highest BCUT2D eigenvalue weighted by molar-refractivity contribution is 7.16. The zero-order chi connectivity index (χ0) is 15.2. The molecule has 1 aromatic heterocycles. The fourth-order valence-electron chi connectivity index (χ4n) is 2.39. The molecule has 2 N–H and O–H groups in total. The van der Waals surface area contributed by atoms with E-state index in [0.29, 0.717) is 13.0 Å². The smallest absolute Gasteiger partial charge is 0.239 e. The number of thiophene rings is 1. The van der Waals surface area contributed by atoms with Crippen molar-refractivity contribution in [2.75, 3.05) is 39.9 Å². The van der Waals surface area contributed by atoms with Gasteiger partial charge in [0, 0.05) is 51.3 Å². The lowest BCUT2D eigenvalue weighted by Gasteiger charge is -2.35. The van der Waals surface area contributed by atoms with E-state index in [2.05, 4.69) is 11.0 Å². The summed E-state index contributed by atoms with van der Waals surface area (Å²) >= 11 is 7.55. The molecule has 1 amide bonds. The maximum atomic E-state index is 12.2. The molecule has 1 aromatic rings. The number of hydrogen-bond acceptors (Lipinski definition) is 5. The molecule has 0 radical (unpaired) electrons. The lowest BCUT2D eigenvalue weighted by atomic mass is 10.2. The summed E-state index contributed by atoms with van der Waals surface area (Å²) in [5.41, 5.74) is 5.90. The number of carbonyl (C=O) groups is 1. The van der Waals surface area contributed by atoms with E-state index in [1.165, 1.54) is 4.88 Å². The van der Waals surface area contributed by atoms with Crippen LogP contribution in [0.5, 0.6) is 0 Å². The standard InChI is InChI=1S/C14H22ClN3O2S/c1-20-9-4-12(16)14(19)18-7-5-17(6-8-18)10-11-2-3-13(15)21-11/h2-3,12H,4-10,16H2,1H3. The van der Waals surface area contributed by atoms with Crippen molar-refractivity contribution in [3.8, 4) is 0 Å². The second-order valence-corrected chi connectivity index (χ2v) is 6.99. The molecule has 1 atom stereocenters. The van der Waals surface area contributed by atoms with Crippen LogP contribution in [0, 0.1) is 0 Å². The van der Waals surface area contributed by atoms with E-state index in [-0.39, 0.29) is 5.91 Å². The van der Waals surface area contributed by atoms with Gasteiger partial charge in [-0.25, -0.2) is 0 Å². The third kappa shape index (κ3) is 4.93. The average Bonchev–Trinajstić information content (AvgIpc) is 2.90. The van der Waals surface area contributed by atoms with E-state index in [4.69, 9.17) is 22.1 Å². The largest absolute Gasteiger partial charge is 0.385 e. The Morgan fingerprint density at radius 2 is 2.14 bits per heavy atom. The van der Waals surface area contributed by atoms with Crippen LogP contribution in [-0.4, -0.2) is 61.6 Å². The highest BCUT2D eigenvalue weighted by Gasteiger charge is 2.25. The fourth-order valence-corrected chi connectivity index (χ4v) is 3.52. The summed E-state index contributed by atoms with van der Waals surface area (Å²) in [5.74, 6) is 0.0332. The van der Waals surface area contributed by atoms with Gasteiger partial charge in [-0.05, 0) is 18.6 Å². The summed E-state index contributed by atoms with van der Waals surface area (Å²) in [4.78, 5) is 17.6. The Morgan fingerprint density at radius 1 is 1.43 bits per heavy atom. The van der Waals surface area contributed by atoms with Crippen LogP contribution in [0.1, 0.15) is 11.3 Å². The van der Waals surface area contributed by atoms with Gasteiger partial charge in [-0.15, -0.1) is 11.3 Å². The molecule has 0 bridgehead atoms. The first-order valence-electron chi connectivity index (χ1n) is 7.10. The summed E-state index contributed by atoms with van der Waals surface area (Å²) in [7, 11) is 1.62. The normalized spacial score (nSPS) is 18.0. The summed E-state index contributed by atoms with van der Waals surface area (Å²) < 4.78 is 5.79. The minimum absolute atomic E-state index is 0.0332. The van der Waals surface area contributed by atoms with Gasteiger partial charge in [-0.1, -0.05) is 11.6 Å². The molecule has 118 valence electrons. The van der Waals surface area contributed by atoms with E-state index in [1.807, 2.05) is 11.0 Å².